The van der Waals surface area contributed by atoms with Gasteiger partial charge in [0, 0.05) is 24.7 Å². The molecule has 1 saturated carbocycles. The van der Waals surface area contributed by atoms with Gasteiger partial charge in [-0.1, -0.05) is 12.5 Å². The third-order valence-electron chi connectivity index (χ3n) is 3.40. The summed E-state index contributed by atoms with van der Waals surface area (Å²) in [4.78, 5) is 1.96. The highest BCUT2D eigenvalue weighted by Crippen LogP contribution is 2.27. The maximum absolute atomic E-state index is 13.5. The van der Waals surface area contributed by atoms with Crippen molar-refractivity contribution in [1.29, 1.82) is 0 Å². The SMILES string of the molecule is OCCN(Cc1c(F)cccc1F)C1CCC1. The van der Waals surface area contributed by atoms with Gasteiger partial charge >= 0.3 is 0 Å². The standard InChI is InChI=1S/C13H17F2NO/c14-12-5-2-6-13(15)11(12)9-16(7-8-17)10-3-1-4-10/h2,5-6,10,17H,1,3-4,7-9H2. The Balaban J connectivity index is 2.10. The predicted octanol–water partition coefficient (Wildman–Crippen LogP) is 2.31. The summed E-state index contributed by atoms with van der Waals surface area (Å²) in [5.41, 5.74) is 0.104. The van der Waals surface area contributed by atoms with Crippen molar-refractivity contribution in [1.82, 2.24) is 4.90 Å². The van der Waals surface area contributed by atoms with E-state index >= 15 is 0 Å². The van der Waals surface area contributed by atoms with Gasteiger partial charge in [0.25, 0.3) is 0 Å². The minimum Gasteiger partial charge on any atom is -0.395 e. The zero-order valence-corrected chi connectivity index (χ0v) is 9.70. The third-order valence-corrected chi connectivity index (χ3v) is 3.40. The van der Waals surface area contributed by atoms with Gasteiger partial charge in [0.05, 0.1) is 6.61 Å². The van der Waals surface area contributed by atoms with Crippen LogP contribution >= 0.6 is 0 Å². The molecule has 1 N–H and O–H groups in total. The fourth-order valence-electron chi connectivity index (χ4n) is 2.16. The molecule has 1 fully saturated rings. The number of benzene rings is 1. The summed E-state index contributed by atoms with van der Waals surface area (Å²) >= 11 is 0. The van der Waals surface area contributed by atoms with Gasteiger partial charge in [-0.25, -0.2) is 8.78 Å². The summed E-state index contributed by atoms with van der Waals surface area (Å²) in [6, 6.07) is 4.28. The molecule has 0 atom stereocenters. The molecule has 2 nitrogen and oxygen atoms in total. The first-order valence-electron chi connectivity index (χ1n) is 6.00. The minimum absolute atomic E-state index is 0.0204. The van der Waals surface area contributed by atoms with Gasteiger partial charge in [-0.15, -0.1) is 0 Å². The van der Waals surface area contributed by atoms with Crippen LogP contribution in [0, 0.1) is 11.6 Å². The van der Waals surface area contributed by atoms with Crippen molar-refractivity contribution in [3.05, 3.63) is 35.4 Å². The van der Waals surface area contributed by atoms with Crippen LogP contribution in [0.2, 0.25) is 0 Å². The summed E-state index contributed by atoms with van der Waals surface area (Å²) in [6.45, 7) is 0.731. The molecule has 4 heteroatoms. The highest BCUT2D eigenvalue weighted by Gasteiger charge is 2.26. The van der Waals surface area contributed by atoms with Crippen molar-refractivity contribution in [2.45, 2.75) is 31.8 Å². The van der Waals surface area contributed by atoms with Crippen molar-refractivity contribution < 1.29 is 13.9 Å². The largest absolute Gasteiger partial charge is 0.395 e. The van der Waals surface area contributed by atoms with E-state index in [9.17, 15) is 8.78 Å². The molecule has 0 spiro atoms. The molecule has 0 heterocycles. The second-order valence-corrected chi connectivity index (χ2v) is 4.48. The second kappa shape index (κ2) is 5.56. The summed E-state index contributed by atoms with van der Waals surface area (Å²) < 4.78 is 27.0. The fraction of sp³-hybridized carbons (Fsp3) is 0.538. The van der Waals surface area contributed by atoms with Gasteiger partial charge < -0.3 is 5.11 Å². The lowest BCUT2D eigenvalue weighted by Crippen LogP contribution is -2.41. The minimum atomic E-state index is -0.507. The Labute approximate surface area is 99.9 Å². The molecule has 1 aliphatic carbocycles. The lowest BCUT2D eigenvalue weighted by molar-refractivity contribution is 0.0923. The van der Waals surface area contributed by atoms with Crippen LogP contribution in [0.3, 0.4) is 0 Å². The monoisotopic (exact) mass is 241 g/mol. The Morgan fingerprint density at radius 1 is 1.24 bits per heavy atom. The number of nitrogens with zero attached hydrogens (tertiary/aromatic N) is 1. The van der Waals surface area contributed by atoms with Crippen molar-refractivity contribution in [2.75, 3.05) is 13.2 Å². The maximum Gasteiger partial charge on any atom is 0.130 e. The van der Waals surface area contributed by atoms with Gasteiger partial charge in [-0.3, -0.25) is 4.90 Å². The number of halogens is 2. The molecule has 1 aliphatic rings. The number of aliphatic hydroxyl groups excluding tert-OH is 1. The Morgan fingerprint density at radius 3 is 2.35 bits per heavy atom. The molecule has 2 rings (SSSR count). The molecule has 0 aromatic heterocycles. The number of hydrogen-bond donors (Lipinski definition) is 1. The summed E-state index contributed by atoms with van der Waals surface area (Å²) in [5.74, 6) is -1.01. The zero-order chi connectivity index (χ0) is 12.3. The van der Waals surface area contributed by atoms with E-state index in [0.29, 0.717) is 12.6 Å². The normalized spacial score (nSPS) is 16.2. The summed E-state index contributed by atoms with van der Waals surface area (Å²) in [7, 11) is 0. The first kappa shape index (κ1) is 12.5. The lowest BCUT2D eigenvalue weighted by Gasteiger charge is -2.37. The molecule has 0 bridgehead atoms. The van der Waals surface area contributed by atoms with Gasteiger partial charge in [-0.05, 0) is 25.0 Å². The predicted molar refractivity (Wildman–Crippen MR) is 61.5 cm³/mol. The van der Waals surface area contributed by atoms with Gasteiger partial charge in [0.2, 0.25) is 0 Å². The molecule has 1 aromatic rings. The molecule has 0 radical (unpaired) electrons. The molecule has 0 unspecified atom stereocenters. The van der Waals surface area contributed by atoms with Crippen molar-refractivity contribution >= 4 is 0 Å². The topological polar surface area (TPSA) is 23.5 Å². The molecule has 0 amide bonds. The average Bonchev–Trinajstić information content (AvgIpc) is 2.21. The first-order valence-corrected chi connectivity index (χ1v) is 6.00. The molecular formula is C13H17F2NO. The lowest BCUT2D eigenvalue weighted by atomic mass is 9.91. The summed E-state index contributed by atoms with van der Waals surface area (Å²) in [5, 5.41) is 8.99. The van der Waals surface area contributed by atoms with Gasteiger partial charge in [-0.2, -0.15) is 0 Å². The molecule has 94 valence electrons. The van der Waals surface area contributed by atoms with E-state index in [-0.39, 0.29) is 18.7 Å². The van der Waals surface area contributed by atoms with E-state index in [1.807, 2.05) is 4.90 Å². The van der Waals surface area contributed by atoms with Crippen LogP contribution in [0.1, 0.15) is 24.8 Å². The molecule has 0 saturated heterocycles. The quantitative estimate of drug-likeness (QED) is 0.855. The van der Waals surface area contributed by atoms with E-state index in [4.69, 9.17) is 5.11 Å². The summed E-state index contributed by atoms with van der Waals surface area (Å²) in [6.07, 6.45) is 3.26. The smallest absolute Gasteiger partial charge is 0.130 e. The van der Waals surface area contributed by atoms with E-state index in [1.54, 1.807) is 0 Å². The molecule has 0 aliphatic heterocycles. The number of rotatable bonds is 5. The second-order valence-electron chi connectivity index (χ2n) is 4.48. The van der Waals surface area contributed by atoms with Crippen LogP contribution in [0.15, 0.2) is 18.2 Å². The van der Waals surface area contributed by atoms with Crippen LogP contribution in [0.25, 0.3) is 0 Å². The van der Waals surface area contributed by atoms with E-state index in [1.165, 1.54) is 18.2 Å². The van der Waals surface area contributed by atoms with E-state index in [0.717, 1.165) is 19.3 Å². The highest BCUT2D eigenvalue weighted by molar-refractivity contribution is 5.19. The first-order chi connectivity index (χ1) is 8.22. The maximum atomic E-state index is 13.5. The average molecular weight is 241 g/mol. The van der Waals surface area contributed by atoms with E-state index in [2.05, 4.69) is 0 Å². The van der Waals surface area contributed by atoms with Crippen LogP contribution in [-0.2, 0) is 6.54 Å². The number of hydrogen-bond acceptors (Lipinski definition) is 2. The highest BCUT2D eigenvalue weighted by atomic mass is 19.1. The van der Waals surface area contributed by atoms with Crippen LogP contribution in [0.5, 0.6) is 0 Å². The van der Waals surface area contributed by atoms with Gasteiger partial charge in [0.15, 0.2) is 0 Å². The van der Waals surface area contributed by atoms with Crippen LogP contribution in [-0.4, -0.2) is 29.2 Å². The number of aliphatic hydroxyl groups is 1. The molecule has 1 aromatic carbocycles. The Bertz CT molecular complexity index is 359. The Morgan fingerprint density at radius 2 is 1.88 bits per heavy atom. The Kier molecular flexibility index (Phi) is 4.07. The molecule has 17 heavy (non-hydrogen) atoms. The Hall–Kier alpha value is -1.00. The molecular weight excluding hydrogens is 224 g/mol. The van der Waals surface area contributed by atoms with E-state index < -0.39 is 11.6 Å². The zero-order valence-electron chi connectivity index (χ0n) is 9.70. The third kappa shape index (κ3) is 2.82. The van der Waals surface area contributed by atoms with Crippen molar-refractivity contribution in [2.24, 2.45) is 0 Å². The van der Waals surface area contributed by atoms with Crippen molar-refractivity contribution in [3.8, 4) is 0 Å². The van der Waals surface area contributed by atoms with Crippen LogP contribution < -0.4 is 0 Å². The van der Waals surface area contributed by atoms with Crippen LogP contribution in [0.4, 0.5) is 8.78 Å². The van der Waals surface area contributed by atoms with Crippen molar-refractivity contribution in [3.63, 3.8) is 0 Å². The fourth-order valence-corrected chi connectivity index (χ4v) is 2.16. The van der Waals surface area contributed by atoms with Gasteiger partial charge in [0.1, 0.15) is 11.6 Å².